The Morgan fingerprint density at radius 3 is 2.47 bits per heavy atom. The molecule has 1 unspecified atom stereocenters. The third-order valence-corrected chi connectivity index (χ3v) is 2.14. The maximum atomic E-state index is 10.7. The van der Waals surface area contributed by atoms with E-state index in [-0.39, 0.29) is 16.3 Å². The second-order valence-corrected chi connectivity index (χ2v) is 3.15. The van der Waals surface area contributed by atoms with Gasteiger partial charge in [0.15, 0.2) is 0 Å². The molecule has 1 rings (SSSR count). The highest BCUT2D eigenvalue weighted by Crippen LogP contribution is 2.33. The van der Waals surface area contributed by atoms with Gasteiger partial charge >= 0.3 is 0 Å². The maximum absolute atomic E-state index is 10.7. The SMILES string of the molecule is [N-]=[N+]=Nc1cccc(S(=O)[O-])c1N=[N+]=[N-]. The molecule has 0 heterocycles. The highest BCUT2D eigenvalue weighted by molar-refractivity contribution is 7.79. The van der Waals surface area contributed by atoms with Gasteiger partial charge in [-0.05, 0) is 28.2 Å². The zero-order valence-electron chi connectivity index (χ0n) is 7.14. The average Bonchev–Trinajstić information content (AvgIpc) is 2.21. The van der Waals surface area contributed by atoms with Crippen LogP contribution in [0.4, 0.5) is 11.4 Å². The molecule has 0 saturated heterocycles. The van der Waals surface area contributed by atoms with Crippen molar-refractivity contribution in [2.24, 2.45) is 10.2 Å². The van der Waals surface area contributed by atoms with Crippen LogP contribution in [0.1, 0.15) is 0 Å². The van der Waals surface area contributed by atoms with Crippen molar-refractivity contribution in [3.05, 3.63) is 39.1 Å². The van der Waals surface area contributed by atoms with E-state index in [9.17, 15) is 8.76 Å². The molecule has 0 N–H and O–H groups in total. The highest BCUT2D eigenvalue weighted by atomic mass is 32.2. The number of hydrogen-bond donors (Lipinski definition) is 0. The lowest BCUT2D eigenvalue weighted by molar-refractivity contribution is 0.537. The Kier molecular flexibility index (Phi) is 3.67. The van der Waals surface area contributed by atoms with E-state index in [4.69, 9.17) is 11.1 Å². The van der Waals surface area contributed by atoms with E-state index in [0.717, 1.165) is 0 Å². The quantitative estimate of drug-likeness (QED) is 0.336. The van der Waals surface area contributed by atoms with Crippen molar-refractivity contribution in [1.29, 1.82) is 0 Å². The van der Waals surface area contributed by atoms with Crippen LogP contribution < -0.4 is 0 Å². The van der Waals surface area contributed by atoms with Crippen molar-refractivity contribution in [3.63, 3.8) is 0 Å². The molecule has 0 radical (unpaired) electrons. The molecule has 0 aliphatic rings. The first kappa shape index (κ1) is 11.0. The number of nitrogens with zero attached hydrogens (tertiary/aromatic N) is 6. The topological polar surface area (TPSA) is 138 Å². The van der Waals surface area contributed by atoms with Gasteiger partial charge in [-0.15, -0.1) is 0 Å². The van der Waals surface area contributed by atoms with Crippen LogP contribution in [0.5, 0.6) is 0 Å². The van der Waals surface area contributed by atoms with Gasteiger partial charge in [0.2, 0.25) is 0 Å². The first-order chi connectivity index (χ1) is 7.20. The molecule has 0 aromatic heterocycles. The average molecular weight is 223 g/mol. The molecule has 0 saturated carbocycles. The van der Waals surface area contributed by atoms with Crippen LogP contribution in [0.25, 0.3) is 20.9 Å². The van der Waals surface area contributed by atoms with Crippen LogP contribution >= 0.6 is 0 Å². The van der Waals surface area contributed by atoms with Crippen molar-refractivity contribution >= 4 is 22.5 Å². The fraction of sp³-hybridized carbons (Fsp3) is 0. The summed E-state index contributed by atoms with van der Waals surface area (Å²) in [4.78, 5) is 4.74. The van der Waals surface area contributed by atoms with Gasteiger partial charge < -0.3 is 4.55 Å². The number of rotatable bonds is 3. The highest BCUT2D eigenvalue weighted by Gasteiger charge is 2.05. The van der Waals surface area contributed by atoms with E-state index in [1.54, 1.807) is 0 Å². The molecule has 9 heteroatoms. The van der Waals surface area contributed by atoms with Gasteiger partial charge in [0.1, 0.15) is 0 Å². The Labute approximate surface area is 86.1 Å². The van der Waals surface area contributed by atoms with Gasteiger partial charge in [-0.25, -0.2) is 0 Å². The summed E-state index contributed by atoms with van der Waals surface area (Å²) in [5.41, 5.74) is 16.2. The Morgan fingerprint density at radius 1 is 1.27 bits per heavy atom. The summed E-state index contributed by atoms with van der Waals surface area (Å²) in [5.74, 6) is 0. The fourth-order valence-electron chi connectivity index (χ4n) is 0.919. The Balaban J connectivity index is 3.54. The Bertz CT molecular complexity index is 482. The molecule has 0 amide bonds. The first-order valence-electron chi connectivity index (χ1n) is 3.53. The van der Waals surface area contributed by atoms with E-state index in [2.05, 4.69) is 20.1 Å². The molecule has 0 aliphatic carbocycles. The third-order valence-electron chi connectivity index (χ3n) is 1.45. The minimum atomic E-state index is -2.55. The van der Waals surface area contributed by atoms with E-state index >= 15 is 0 Å². The van der Waals surface area contributed by atoms with Crippen LogP contribution in [0.3, 0.4) is 0 Å². The zero-order valence-corrected chi connectivity index (χ0v) is 7.96. The number of hydrogen-bond acceptors (Lipinski definition) is 4. The van der Waals surface area contributed by atoms with Crippen molar-refractivity contribution in [1.82, 2.24) is 0 Å². The molecule has 1 aromatic carbocycles. The maximum Gasteiger partial charge on any atom is 0.0620 e. The van der Waals surface area contributed by atoms with Gasteiger partial charge in [0.25, 0.3) is 0 Å². The third kappa shape index (κ3) is 2.46. The minimum absolute atomic E-state index is 0.0306. The second kappa shape index (κ2) is 4.99. The van der Waals surface area contributed by atoms with E-state index in [0.29, 0.717) is 0 Å². The predicted molar refractivity (Wildman–Crippen MR) is 51.2 cm³/mol. The molecule has 1 atom stereocenters. The lowest BCUT2D eigenvalue weighted by atomic mass is 10.3. The Morgan fingerprint density at radius 2 is 1.93 bits per heavy atom. The normalized spacial score (nSPS) is 11.0. The molecule has 0 aliphatic heterocycles. The molecule has 15 heavy (non-hydrogen) atoms. The van der Waals surface area contributed by atoms with Gasteiger partial charge in [-0.3, -0.25) is 4.21 Å². The molecule has 0 spiro atoms. The summed E-state index contributed by atoms with van der Waals surface area (Å²) >= 11 is -2.55. The van der Waals surface area contributed by atoms with Crippen molar-refractivity contribution < 1.29 is 8.76 Å². The van der Waals surface area contributed by atoms with Gasteiger partial charge in [-0.1, -0.05) is 22.4 Å². The molecular formula is C6H3N6O2S-. The second-order valence-electron chi connectivity index (χ2n) is 2.24. The van der Waals surface area contributed by atoms with Crippen LogP contribution in [0.15, 0.2) is 33.3 Å². The van der Waals surface area contributed by atoms with Crippen molar-refractivity contribution in [3.8, 4) is 0 Å². The summed E-state index contributed by atoms with van der Waals surface area (Å²) < 4.78 is 21.5. The van der Waals surface area contributed by atoms with E-state index in [1.807, 2.05) is 0 Å². The fourth-order valence-corrected chi connectivity index (χ4v) is 1.41. The van der Waals surface area contributed by atoms with E-state index in [1.165, 1.54) is 18.2 Å². The molecule has 76 valence electrons. The summed E-state index contributed by atoms with van der Waals surface area (Å²) in [7, 11) is 0. The van der Waals surface area contributed by atoms with Crippen molar-refractivity contribution in [2.75, 3.05) is 0 Å². The van der Waals surface area contributed by atoms with Crippen molar-refractivity contribution in [2.45, 2.75) is 4.90 Å². The smallest absolute Gasteiger partial charge is 0.0620 e. The summed E-state index contributed by atoms with van der Waals surface area (Å²) in [6.45, 7) is 0. The lowest BCUT2D eigenvalue weighted by Crippen LogP contribution is -1.88. The van der Waals surface area contributed by atoms with E-state index < -0.39 is 11.1 Å². The summed E-state index contributed by atoms with van der Waals surface area (Å²) in [6.07, 6.45) is 0. The first-order valence-corrected chi connectivity index (χ1v) is 4.60. The van der Waals surface area contributed by atoms with Crippen LogP contribution in [0.2, 0.25) is 0 Å². The zero-order chi connectivity index (χ0) is 11.3. The molecule has 8 nitrogen and oxygen atoms in total. The van der Waals surface area contributed by atoms with Gasteiger partial charge in [0, 0.05) is 20.4 Å². The Hall–Kier alpha value is -2.05. The number of benzene rings is 1. The molecule has 0 bridgehead atoms. The van der Waals surface area contributed by atoms with Gasteiger partial charge in [-0.2, -0.15) is 0 Å². The predicted octanol–water partition coefficient (Wildman–Crippen LogP) is 2.81. The standard InChI is InChI=1S/C6H4N6O2S/c7-11-9-4-2-1-3-5(15(13)14)6(4)10-12-8/h1-3H,(H,13,14)/p-1. The summed E-state index contributed by atoms with van der Waals surface area (Å²) in [5, 5.41) is 6.38. The van der Waals surface area contributed by atoms with Crippen LogP contribution in [0, 0.1) is 0 Å². The largest absolute Gasteiger partial charge is 0.768 e. The minimum Gasteiger partial charge on any atom is -0.768 e. The molecule has 1 aromatic rings. The monoisotopic (exact) mass is 223 g/mol. The molecule has 0 fully saturated rings. The molecular weight excluding hydrogens is 220 g/mol. The van der Waals surface area contributed by atoms with Gasteiger partial charge in [0.05, 0.1) is 5.69 Å². The lowest BCUT2D eigenvalue weighted by Gasteiger charge is -2.09. The van der Waals surface area contributed by atoms with Crippen LogP contribution in [-0.4, -0.2) is 8.76 Å². The van der Waals surface area contributed by atoms with Crippen LogP contribution in [-0.2, 0) is 11.1 Å². The number of azide groups is 2. The summed E-state index contributed by atoms with van der Waals surface area (Å²) in [6, 6.07) is 3.97.